The van der Waals surface area contributed by atoms with Crippen LogP contribution < -0.4 is 10.6 Å². The molecule has 0 amide bonds. The number of benzene rings is 1. The number of rotatable bonds is 5. The van der Waals surface area contributed by atoms with Gasteiger partial charge in [-0.3, -0.25) is 5.41 Å². The highest BCUT2D eigenvalue weighted by Gasteiger charge is 2.13. The highest BCUT2D eigenvalue weighted by Crippen LogP contribution is 2.27. The van der Waals surface area contributed by atoms with Gasteiger partial charge in [-0.1, -0.05) is 11.6 Å². The molecule has 1 atom stereocenters. The summed E-state index contributed by atoms with van der Waals surface area (Å²) >= 11 is 8.02. The molecule has 0 fully saturated rings. The first-order valence-corrected chi connectivity index (χ1v) is 7.10. The molecule has 5 heteroatoms. The van der Waals surface area contributed by atoms with Crippen molar-refractivity contribution in [1.29, 1.82) is 5.41 Å². The van der Waals surface area contributed by atoms with E-state index in [0.717, 1.165) is 11.4 Å². The normalized spacial score (nSPS) is 12.2. The van der Waals surface area contributed by atoms with E-state index in [1.54, 1.807) is 6.07 Å². The van der Waals surface area contributed by atoms with E-state index < -0.39 is 0 Å². The van der Waals surface area contributed by atoms with E-state index in [0.29, 0.717) is 16.6 Å². The maximum atomic E-state index is 7.36. The molecule has 3 N–H and O–H groups in total. The summed E-state index contributed by atoms with van der Waals surface area (Å²) in [6.07, 6.45) is 2.09. The molecule has 3 nitrogen and oxygen atoms in total. The van der Waals surface area contributed by atoms with Crippen molar-refractivity contribution in [2.45, 2.75) is 13.0 Å². The van der Waals surface area contributed by atoms with Crippen LogP contribution >= 0.6 is 23.4 Å². The Kier molecular flexibility index (Phi) is 5.15. The fourth-order valence-corrected chi connectivity index (χ4v) is 2.57. The van der Waals surface area contributed by atoms with E-state index >= 15 is 0 Å². The number of nitrogens with two attached hydrogens (primary N) is 1. The summed E-state index contributed by atoms with van der Waals surface area (Å²) in [5.74, 6) is 1.08. The molecule has 0 aliphatic carbocycles. The third-order valence-corrected chi connectivity index (χ3v) is 3.83. The van der Waals surface area contributed by atoms with Crippen molar-refractivity contribution in [2.75, 3.05) is 24.0 Å². The van der Waals surface area contributed by atoms with Crippen molar-refractivity contribution < 1.29 is 0 Å². The number of hydrogen-bond donors (Lipinski definition) is 2. The van der Waals surface area contributed by atoms with Crippen molar-refractivity contribution in [1.82, 2.24) is 0 Å². The molecule has 0 saturated heterocycles. The average Bonchev–Trinajstić information content (AvgIpc) is 2.28. The van der Waals surface area contributed by atoms with E-state index in [1.165, 1.54) is 0 Å². The Labute approximate surface area is 112 Å². The van der Waals surface area contributed by atoms with Gasteiger partial charge < -0.3 is 10.6 Å². The van der Waals surface area contributed by atoms with Crippen molar-refractivity contribution >= 4 is 34.9 Å². The molecule has 1 aromatic carbocycles. The van der Waals surface area contributed by atoms with Gasteiger partial charge in [0, 0.05) is 24.4 Å². The molecule has 0 radical (unpaired) electrons. The van der Waals surface area contributed by atoms with Gasteiger partial charge in [-0.2, -0.15) is 11.8 Å². The lowest BCUT2D eigenvalue weighted by Gasteiger charge is -2.27. The third-order valence-electron chi connectivity index (χ3n) is 2.71. The smallest absolute Gasteiger partial charge is 0.122 e. The van der Waals surface area contributed by atoms with E-state index in [9.17, 15) is 0 Å². The third kappa shape index (κ3) is 3.54. The minimum Gasteiger partial charge on any atom is -0.384 e. The molecule has 1 aromatic rings. The van der Waals surface area contributed by atoms with Crippen molar-refractivity contribution in [3.05, 3.63) is 28.8 Å². The van der Waals surface area contributed by atoms with Crippen LogP contribution in [-0.2, 0) is 0 Å². The first kappa shape index (κ1) is 14.2. The zero-order chi connectivity index (χ0) is 13.0. The van der Waals surface area contributed by atoms with Gasteiger partial charge in [0.25, 0.3) is 0 Å². The molecule has 1 rings (SSSR count). The summed E-state index contributed by atoms with van der Waals surface area (Å²) in [5, 5.41) is 8.00. The van der Waals surface area contributed by atoms with Gasteiger partial charge in [-0.15, -0.1) is 0 Å². The second kappa shape index (κ2) is 6.17. The number of halogens is 1. The van der Waals surface area contributed by atoms with E-state index in [2.05, 4.69) is 18.1 Å². The zero-order valence-corrected chi connectivity index (χ0v) is 11.9. The molecule has 94 valence electrons. The van der Waals surface area contributed by atoms with Crippen LogP contribution in [0.3, 0.4) is 0 Å². The predicted octanol–water partition coefficient (Wildman–Crippen LogP) is 2.81. The fourth-order valence-electron chi connectivity index (χ4n) is 1.55. The number of thioether (sulfide) groups is 1. The molecule has 0 bridgehead atoms. The molecule has 0 aromatic heterocycles. The summed E-state index contributed by atoms with van der Waals surface area (Å²) in [6, 6.07) is 5.88. The molecule has 17 heavy (non-hydrogen) atoms. The lowest BCUT2D eigenvalue weighted by Crippen LogP contribution is -2.31. The summed E-state index contributed by atoms with van der Waals surface area (Å²) in [5.41, 5.74) is 7.05. The second-order valence-corrected chi connectivity index (χ2v) is 5.31. The van der Waals surface area contributed by atoms with Crippen LogP contribution in [0.5, 0.6) is 0 Å². The highest BCUT2D eigenvalue weighted by atomic mass is 35.5. The largest absolute Gasteiger partial charge is 0.384 e. The van der Waals surface area contributed by atoms with Gasteiger partial charge >= 0.3 is 0 Å². The monoisotopic (exact) mass is 271 g/mol. The SMILES string of the molecule is CSCC(C)N(C)c1ccc(C(=N)N)cc1Cl. The average molecular weight is 272 g/mol. The molecule has 0 heterocycles. The Morgan fingerprint density at radius 2 is 2.24 bits per heavy atom. The minimum atomic E-state index is 0.0401. The highest BCUT2D eigenvalue weighted by molar-refractivity contribution is 7.98. The molecular weight excluding hydrogens is 254 g/mol. The topological polar surface area (TPSA) is 53.1 Å². The lowest BCUT2D eigenvalue weighted by atomic mass is 10.1. The number of hydrogen-bond acceptors (Lipinski definition) is 3. The van der Waals surface area contributed by atoms with Crippen LogP contribution in [0.4, 0.5) is 5.69 Å². The van der Waals surface area contributed by atoms with Gasteiger partial charge in [0.05, 0.1) is 10.7 Å². The van der Waals surface area contributed by atoms with Crippen molar-refractivity contribution in [3.8, 4) is 0 Å². The first-order valence-electron chi connectivity index (χ1n) is 5.33. The maximum absolute atomic E-state index is 7.36. The summed E-state index contributed by atoms with van der Waals surface area (Å²) in [6.45, 7) is 2.16. The molecule has 0 saturated carbocycles. The maximum Gasteiger partial charge on any atom is 0.122 e. The summed E-state index contributed by atoms with van der Waals surface area (Å²) in [4.78, 5) is 2.14. The molecule has 1 unspecified atom stereocenters. The predicted molar refractivity (Wildman–Crippen MR) is 78.7 cm³/mol. The Morgan fingerprint density at radius 1 is 1.59 bits per heavy atom. The van der Waals surface area contributed by atoms with Crippen LogP contribution in [0.15, 0.2) is 18.2 Å². The Morgan fingerprint density at radius 3 is 2.71 bits per heavy atom. The van der Waals surface area contributed by atoms with Gasteiger partial charge in [0.1, 0.15) is 5.84 Å². The quantitative estimate of drug-likeness (QED) is 0.640. The van der Waals surface area contributed by atoms with Crippen LogP contribution in [0.2, 0.25) is 5.02 Å². The fraction of sp³-hybridized carbons (Fsp3) is 0.417. The van der Waals surface area contributed by atoms with E-state index in [4.69, 9.17) is 22.7 Å². The zero-order valence-electron chi connectivity index (χ0n) is 10.3. The van der Waals surface area contributed by atoms with Crippen LogP contribution in [-0.4, -0.2) is 30.9 Å². The van der Waals surface area contributed by atoms with Crippen LogP contribution in [0, 0.1) is 5.41 Å². The van der Waals surface area contributed by atoms with Crippen molar-refractivity contribution in [3.63, 3.8) is 0 Å². The van der Waals surface area contributed by atoms with Gasteiger partial charge in [-0.05, 0) is 31.4 Å². The Hall–Kier alpha value is -0.870. The molecule has 0 aliphatic heterocycles. The van der Waals surface area contributed by atoms with Crippen LogP contribution in [0.25, 0.3) is 0 Å². The number of amidine groups is 1. The van der Waals surface area contributed by atoms with E-state index in [-0.39, 0.29) is 5.84 Å². The lowest BCUT2D eigenvalue weighted by molar-refractivity contribution is 0.766. The minimum absolute atomic E-state index is 0.0401. The van der Waals surface area contributed by atoms with E-state index in [1.807, 2.05) is 30.9 Å². The number of nitrogens with zero attached hydrogens (tertiary/aromatic N) is 1. The molecule has 0 spiro atoms. The van der Waals surface area contributed by atoms with Gasteiger partial charge in [0.15, 0.2) is 0 Å². The summed E-state index contributed by atoms with van der Waals surface area (Å²) < 4.78 is 0. The Bertz CT molecular complexity index is 409. The van der Waals surface area contributed by atoms with Crippen molar-refractivity contribution in [2.24, 2.45) is 5.73 Å². The van der Waals surface area contributed by atoms with Gasteiger partial charge in [0.2, 0.25) is 0 Å². The second-order valence-electron chi connectivity index (χ2n) is 4.00. The van der Waals surface area contributed by atoms with Gasteiger partial charge in [-0.25, -0.2) is 0 Å². The Balaban J connectivity index is 2.95. The van der Waals surface area contributed by atoms with Crippen LogP contribution in [0.1, 0.15) is 12.5 Å². The molecular formula is C12H18ClN3S. The number of nitrogen functional groups attached to an aromatic ring is 1. The molecule has 0 aliphatic rings. The number of anilines is 1. The standard InChI is InChI=1S/C12H18ClN3S/c1-8(7-17-3)16(2)11-5-4-9(12(14)15)6-10(11)13/h4-6,8H,7H2,1-3H3,(H3,14,15). The number of nitrogens with one attached hydrogen (secondary N) is 1. The first-order chi connectivity index (χ1) is 7.97. The summed E-state index contributed by atoms with van der Waals surface area (Å²) in [7, 11) is 2.02.